The molecule has 8 heteroatoms. The molecular formula is C102H158S8. The van der Waals surface area contributed by atoms with Gasteiger partial charge in [0.15, 0.2) is 0 Å². The van der Waals surface area contributed by atoms with Gasteiger partial charge < -0.3 is 0 Å². The number of hydrogen-bond donors (Lipinski definition) is 0. The van der Waals surface area contributed by atoms with E-state index >= 15 is 0 Å². The summed E-state index contributed by atoms with van der Waals surface area (Å²) in [5, 5.41) is 0. The van der Waals surface area contributed by atoms with Gasteiger partial charge >= 0.3 is 0 Å². The number of aryl methyl sites for hydroxylation is 9. The molecule has 0 spiro atoms. The first-order valence-electron chi connectivity index (χ1n) is 46.9. The molecule has 0 N–H and O–H groups in total. The first-order valence-corrected chi connectivity index (χ1v) is 53.5. The molecule has 0 saturated heterocycles. The molecular weight excluding hydrogens is 1480 g/mol. The van der Waals surface area contributed by atoms with Crippen molar-refractivity contribution in [3.05, 3.63) is 103 Å². The van der Waals surface area contributed by atoms with Gasteiger partial charge in [0.25, 0.3) is 0 Å². The lowest BCUT2D eigenvalue weighted by atomic mass is 9.90. The zero-order chi connectivity index (χ0) is 78.0. The minimum absolute atomic E-state index is 0.135. The fourth-order valence-electron chi connectivity index (χ4n) is 16.8. The van der Waals surface area contributed by atoms with Gasteiger partial charge in [-0.15, -0.1) is 90.7 Å². The number of thiophene rings is 8. The molecule has 110 heavy (non-hydrogen) atoms. The van der Waals surface area contributed by atoms with Gasteiger partial charge in [0.05, 0.1) is 0 Å². The number of rotatable bonds is 64. The maximum atomic E-state index is 2.78. The van der Waals surface area contributed by atoms with Crippen LogP contribution in [0.3, 0.4) is 0 Å². The first kappa shape index (κ1) is 93.1. The molecule has 8 aromatic rings. The largest absolute Gasteiger partial charge is 0.139 e. The minimum Gasteiger partial charge on any atom is -0.139 e. The molecule has 0 fully saturated rings. The average Bonchev–Trinajstić information content (AvgIpc) is 1.61. The normalized spacial score (nSPS) is 12.1. The lowest BCUT2D eigenvalue weighted by Crippen LogP contribution is -2.11. The van der Waals surface area contributed by atoms with Crippen molar-refractivity contribution in [1.82, 2.24) is 0 Å². The third kappa shape index (κ3) is 30.8. The summed E-state index contributed by atoms with van der Waals surface area (Å²) in [6, 6.07) is 21.9. The van der Waals surface area contributed by atoms with Gasteiger partial charge in [-0.1, -0.05) is 340 Å². The van der Waals surface area contributed by atoms with E-state index in [0.717, 1.165) is 6.42 Å². The molecule has 8 aromatic heterocycles. The van der Waals surface area contributed by atoms with E-state index in [1.165, 1.54) is 360 Å². The van der Waals surface area contributed by atoms with E-state index in [4.69, 9.17) is 0 Å². The summed E-state index contributed by atoms with van der Waals surface area (Å²) in [4.78, 5) is 25.1. The molecule has 0 atom stereocenters. The zero-order valence-corrected chi connectivity index (χ0v) is 79.2. The summed E-state index contributed by atoms with van der Waals surface area (Å²) in [5.41, 5.74) is 13.2. The van der Waals surface area contributed by atoms with Crippen molar-refractivity contribution in [2.75, 3.05) is 0 Å². The van der Waals surface area contributed by atoms with Crippen LogP contribution in [0.1, 0.15) is 446 Å². The summed E-state index contributed by atoms with van der Waals surface area (Å²) >= 11 is 17.4. The highest BCUT2D eigenvalue weighted by Crippen LogP contribution is 2.55. The molecule has 0 amide bonds. The molecule has 0 nitrogen and oxygen atoms in total. The van der Waals surface area contributed by atoms with Gasteiger partial charge in [-0.25, -0.2) is 0 Å². The van der Waals surface area contributed by atoms with Crippen molar-refractivity contribution < 1.29 is 0 Å². The second kappa shape index (κ2) is 53.8. The lowest BCUT2D eigenvalue weighted by Gasteiger charge is -2.19. The minimum atomic E-state index is 0.135. The molecule has 0 radical (unpaired) electrons. The molecule has 0 aliphatic heterocycles. The molecule has 0 saturated carbocycles. The van der Waals surface area contributed by atoms with Crippen LogP contribution < -0.4 is 0 Å². The van der Waals surface area contributed by atoms with Gasteiger partial charge in [-0.3, -0.25) is 0 Å². The maximum Gasteiger partial charge on any atom is 0.0481 e. The van der Waals surface area contributed by atoms with E-state index in [-0.39, 0.29) is 5.41 Å². The Morgan fingerprint density at radius 3 is 0.545 bits per heavy atom. The second-order valence-corrected chi connectivity index (χ2v) is 43.1. The molecule has 8 rings (SSSR count). The second-order valence-electron chi connectivity index (χ2n) is 34.6. The fraction of sp³-hybridized carbons (Fsp3) is 0.686. The van der Waals surface area contributed by atoms with E-state index in [1.54, 1.807) is 123 Å². The van der Waals surface area contributed by atoms with Crippen molar-refractivity contribution >= 4 is 90.7 Å². The van der Waals surface area contributed by atoms with E-state index in [1.807, 2.05) is 0 Å². The zero-order valence-electron chi connectivity index (χ0n) is 72.7. The smallest absolute Gasteiger partial charge is 0.0481 e. The number of unbranched alkanes of at least 4 members (excludes halogenated alkanes) is 40. The highest BCUT2D eigenvalue weighted by molar-refractivity contribution is 7.32. The Morgan fingerprint density at radius 2 is 0.345 bits per heavy atom. The highest BCUT2D eigenvalue weighted by atomic mass is 32.1. The highest BCUT2D eigenvalue weighted by Gasteiger charge is 2.28. The predicted octanol–water partition coefficient (Wildman–Crippen LogP) is 38.9. The fourth-order valence-corrected chi connectivity index (χ4v) is 27.4. The lowest BCUT2D eigenvalue weighted by molar-refractivity contribution is 0.583. The van der Waals surface area contributed by atoms with E-state index in [9.17, 15) is 0 Å². The summed E-state index contributed by atoms with van der Waals surface area (Å²) in [7, 11) is 0. The monoisotopic (exact) mass is 1640 g/mol. The van der Waals surface area contributed by atoms with Crippen molar-refractivity contribution in [1.29, 1.82) is 0 Å². The maximum absolute atomic E-state index is 2.78. The standard InChI is InChI=1S/C102H158S8/c1-13-22-30-38-46-54-62-78-70-86(21-9)103-94(78)87-71-79(63-55-47-39-31-23-14-2)95(104-87)88-72-80(64-56-48-40-32-24-15-3)96(105-88)89-73-81(65-57-49-41-33-25-16-4)97(106-89)90-74-82(66-58-50-42-34-26-17-5)98(107-90)91-75-83(67-59-51-43-35-27-18-6)99(108-91)92-76-84(68-60-52-44-36-28-19-7)100(109-92)93-77-85(101(110-93)102(10,11)12)69-61-53-45-37-29-20-8/h70-77H,13-69H2,1-12H3. The average molecular weight is 1640 g/mol. The third-order valence-electron chi connectivity index (χ3n) is 23.5. The summed E-state index contributed by atoms with van der Waals surface area (Å²) in [6.45, 7) is 28.7. The molecule has 614 valence electrons. The SMILES string of the molecule is CCCCCCCCc1cc(CC)sc1-c1cc(CCCCCCCC)c(-c2cc(CCCCCCCC)c(-c3cc(CCCCCCCC)c(-c4cc(CCCCCCCC)c(-c5cc(CCCCCCCC)c(-c6cc(CCCCCCCC)c(-c7cc(CCCCCCCC)c(C(C)(C)C)s7)s6)s5)s4)s3)s2)s1. The van der Waals surface area contributed by atoms with Crippen molar-refractivity contribution in [2.24, 2.45) is 0 Å². The van der Waals surface area contributed by atoms with Gasteiger partial charge in [0, 0.05) is 78.0 Å². The van der Waals surface area contributed by atoms with Gasteiger partial charge in [-0.05, 0) is 208 Å². The van der Waals surface area contributed by atoms with Crippen LogP contribution in [0.15, 0.2) is 48.5 Å². The van der Waals surface area contributed by atoms with Crippen LogP contribution in [-0.2, 0) is 63.2 Å². The van der Waals surface area contributed by atoms with Crippen LogP contribution in [0.2, 0.25) is 0 Å². The first-order chi connectivity index (χ1) is 53.9. The van der Waals surface area contributed by atoms with E-state index < -0.39 is 0 Å². The molecule has 8 heterocycles. The molecule has 0 unspecified atom stereocenters. The van der Waals surface area contributed by atoms with Crippen molar-refractivity contribution in [3.8, 4) is 68.3 Å². The molecule has 0 bridgehead atoms. The molecule has 0 aliphatic rings. The molecule has 0 aromatic carbocycles. The Hall–Kier alpha value is -2.40. The van der Waals surface area contributed by atoms with Crippen LogP contribution in [0.5, 0.6) is 0 Å². The Morgan fingerprint density at radius 1 is 0.182 bits per heavy atom. The van der Waals surface area contributed by atoms with E-state index in [2.05, 4.69) is 222 Å². The Kier molecular flexibility index (Phi) is 45.6. The Bertz CT molecular complexity index is 3700. The van der Waals surface area contributed by atoms with Crippen molar-refractivity contribution in [2.45, 2.75) is 454 Å². The molecule has 0 aliphatic carbocycles. The van der Waals surface area contributed by atoms with Gasteiger partial charge in [0.1, 0.15) is 0 Å². The van der Waals surface area contributed by atoms with E-state index in [0.29, 0.717) is 0 Å². The quantitative estimate of drug-likeness (QED) is 0.0333. The van der Waals surface area contributed by atoms with Crippen LogP contribution in [-0.4, -0.2) is 0 Å². The van der Waals surface area contributed by atoms with Crippen LogP contribution in [0.25, 0.3) is 68.3 Å². The summed E-state index contributed by atoms with van der Waals surface area (Å²) in [6.07, 6.45) is 75.1. The topological polar surface area (TPSA) is 0 Å². The van der Waals surface area contributed by atoms with Gasteiger partial charge in [-0.2, -0.15) is 0 Å². The van der Waals surface area contributed by atoms with Crippen molar-refractivity contribution in [3.63, 3.8) is 0 Å². The Labute approximate surface area is 709 Å². The van der Waals surface area contributed by atoms with Crippen LogP contribution >= 0.6 is 90.7 Å². The summed E-state index contributed by atoms with van der Waals surface area (Å²) in [5.74, 6) is 0. The number of hydrogen-bond acceptors (Lipinski definition) is 8. The van der Waals surface area contributed by atoms with Crippen LogP contribution in [0.4, 0.5) is 0 Å². The van der Waals surface area contributed by atoms with Gasteiger partial charge in [0.2, 0.25) is 0 Å². The Balaban J connectivity index is 1.26. The summed E-state index contributed by atoms with van der Waals surface area (Å²) < 4.78 is 0. The van der Waals surface area contributed by atoms with Crippen LogP contribution in [0, 0.1) is 0 Å². The third-order valence-corrected chi connectivity index (χ3v) is 34.8. The predicted molar refractivity (Wildman–Crippen MR) is 512 cm³/mol.